The molecule has 3 heterocycles. The number of carbonyl (C=O) groups is 2. The predicted molar refractivity (Wildman–Crippen MR) is 118 cm³/mol. The molecule has 1 N–H and O–H groups in total. The van der Waals surface area contributed by atoms with Crippen molar-refractivity contribution in [2.45, 2.75) is 11.8 Å². The Labute approximate surface area is 186 Å². The Balaban J connectivity index is 1.35. The number of benzene rings is 1. The van der Waals surface area contributed by atoms with Crippen LogP contribution in [-0.2, 0) is 23.2 Å². The molecule has 4 aromatic rings. The second-order valence-electron chi connectivity index (χ2n) is 6.40. The molecular weight excluding hydrogens is 436 g/mol. The Hall–Kier alpha value is -3.37. The second kappa shape index (κ2) is 9.63. The highest BCUT2D eigenvalue weighted by Crippen LogP contribution is 2.24. The summed E-state index contributed by atoms with van der Waals surface area (Å²) in [4.78, 5) is 34.3. The number of nitrogens with zero attached hydrogens (tertiary/aromatic N) is 3. The molecule has 3 aromatic heterocycles. The van der Waals surface area contributed by atoms with E-state index in [2.05, 4.69) is 15.3 Å². The molecule has 158 valence electrons. The van der Waals surface area contributed by atoms with Crippen molar-refractivity contribution in [2.24, 2.45) is 7.05 Å². The van der Waals surface area contributed by atoms with Crippen LogP contribution >= 0.6 is 23.1 Å². The number of hydrogen-bond acceptors (Lipinski definition) is 8. The Morgan fingerprint density at radius 2 is 2.13 bits per heavy atom. The smallest absolute Gasteiger partial charge is 0.340 e. The van der Waals surface area contributed by atoms with E-state index in [1.54, 1.807) is 30.5 Å². The van der Waals surface area contributed by atoms with E-state index >= 15 is 0 Å². The molecule has 1 amide bonds. The summed E-state index contributed by atoms with van der Waals surface area (Å²) in [5.41, 5.74) is 1.15. The van der Waals surface area contributed by atoms with Crippen molar-refractivity contribution in [3.05, 3.63) is 71.7 Å². The zero-order valence-electron chi connectivity index (χ0n) is 16.5. The van der Waals surface area contributed by atoms with Crippen LogP contribution in [0.4, 0.5) is 5.69 Å². The first-order chi connectivity index (χ1) is 15.1. The summed E-state index contributed by atoms with van der Waals surface area (Å²) >= 11 is 2.82. The van der Waals surface area contributed by atoms with Crippen molar-refractivity contribution in [2.75, 3.05) is 11.1 Å². The molecule has 8 nitrogen and oxygen atoms in total. The van der Waals surface area contributed by atoms with Crippen molar-refractivity contribution >= 4 is 40.7 Å². The van der Waals surface area contributed by atoms with Gasteiger partial charge < -0.3 is 19.0 Å². The SMILES string of the molecule is Cn1ccnc1SCC(=O)Nc1ccccc1C(=O)OCc1coc(-c2cccs2)n1. The number of imidazole rings is 1. The van der Waals surface area contributed by atoms with Gasteiger partial charge in [-0.25, -0.2) is 14.8 Å². The average Bonchev–Trinajstić information content (AvgIpc) is 3.53. The third-order valence-corrected chi connectivity index (χ3v) is 6.08. The summed E-state index contributed by atoms with van der Waals surface area (Å²) < 4.78 is 12.6. The van der Waals surface area contributed by atoms with Crippen LogP contribution < -0.4 is 5.32 Å². The van der Waals surface area contributed by atoms with Crippen LogP contribution in [-0.4, -0.2) is 32.2 Å². The quantitative estimate of drug-likeness (QED) is 0.314. The Morgan fingerprint density at radius 1 is 1.26 bits per heavy atom. The number of rotatable bonds is 8. The topological polar surface area (TPSA) is 99.2 Å². The number of ether oxygens (including phenoxy) is 1. The molecule has 31 heavy (non-hydrogen) atoms. The first-order valence-electron chi connectivity index (χ1n) is 9.24. The van der Waals surface area contributed by atoms with Crippen molar-refractivity contribution in [1.82, 2.24) is 14.5 Å². The molecule has 0 aliphatic heterocycles. The van der Waals surface area contributed by atoms with Gasteiger partial charge in [0, 0.05) is 19.4 Å². The molecule has 0 atom stereocenters. The predicted octanol–water partition coefficient (Wildman–Crippen LogP) is 4.22. The third kappa shape index (κ3) is 5.22. The zero-order valence-corrected chi connectivity index (χ0v) is 18.1. The van der Waals surface area contributed by atoms with Gasteiger partial charge in [-0.1, -0.05) is 30.0 Å². The lowest BCUT2D eigenvalue weighted by molar-refractivity contribution is -0.113. The molecule has 4 rings (SSSR count). The molecule has 0 saturated carbocycles. The van der Waals surface area contributed by atoms with Crippen LogP contribution in [0.25, 0.3) is 10.8 Å². The van der Waals surface area contributed by atoms with Crippen molar-refractivity contribution in [3.8, 4) is 10.8 Å². The van der Waals surface area contributed by atoms with Gasteiger partial charge in [0.1, 0.15) is 18.6 Å². The summed E-state index contributed by atoms with van der Waals surface area (Å²) in [6, 6.07) is 10.5. The van der Waals surface area contributed by atoms with Crippen LogP contribution in [0.2, 0.25) is 0 Å². The van der Waals surface area contributed by atoms with Crippen molar-refractivity contribution in [3.63, 3.8) is 0 Å². The van der Waals surface area contributed by atoms with E-state index < -0.39 is 5.97 Å². The highest BCUT2D eigenvalue weighted by molar-refractivity contribution is 7.99. The van der Waals surface area contributed by atoms with Gasteiger partial charge in [0.05, 0.1) is 21.9 Å². The number of hydrogen-bond donors (Lipinski definition) is 1. The fourth-order valence-electron chi connectivity index (χ4n) is 2.68. The highest BCUT2D eigenvalue weighted by atomic mass is 32.2. The minimum absolute atomic E-state index is 0.0367. The van der Waals surface area contributed by atoms with Crippen LogP contribution in [0.1, 0.15) is 16.1 Å². The van der Waals surface area contributed by atoms with E-state index in [1.807, 2.05) is 35.3 Å². The van der Waals surface area contributed by atoms with E-state index in [9.17, 15) is 9.59 Å². The average molecular weight is 455 g/mol. The van der Waals surface area contributed by atoms with Crippen molar-refractivity contribution in [1.29, 1.82) is 0 Å². The minimum atomic E-state index is -0.562. The molecule has 10 heteroatoms. The normalized spacial score (nSPS) is 10.7. The lowest BCUT2D eigenvalue weighted by atomic mass is 10.2. The molecule has 0 fully saturated rings. The number of aromatic nitrogens is 3. The zero-order chi connectivity index (χ0) is 21.6. The first kappa shape index (κ1) is 20.9. The van der Waals surface area contributed by atoms with Crippen LogP contribution in [0.15, 0.2) is 70.0 Å². The van der Waals surface area contributed by atoms with Gasteiger partial charge in [-0.05, 0) is 23.6 Å². The van der Waals surface area contributed by atoms with Crippen molar-refractivity contribution < 1.29 is 18.7 Å². The van der Waals surface area contributed by atoms with E-state index in [4.69, 9.17) is 9.15 Å². The molecule has 0 saturated heterocycles. The number of para-hydroxylation sites is 1. The van der Waals surface area contributed by atoms with Gasteiger partial charge >= 0.3 is 5.97 Å². The number of amides is 1. The fraction of sp³-hybridized carbons (Fsp3) is 0.143. The number of oxazole rings is 1. The molecule has 0 bridgehead atoms. The van der Waals surface area contributed by atoms with Crippen LogP contribution in [0, 0.1) is 0 Å². The van der Waals surface area contributed by atoms with Gasteiger partial charge in [-0.15, -0.1) is 11.3 Å². The molecule has 0 aliphatic carbocycles. The summed E-state index contributed by atoms with van der Waals surface area (Å²) in [5, 5.41) is 5.43. The highest BCUT2D eigenvalue weighted by Gasteiger charge is 2.16. The molecule has 0 radical (unpaired) electrons. The van der Waals surface area contributed by atoms with Gasteiger partial charge in [0.25, 0.3) is 0 Å². The standard InChI is InChI=1S/C21H18N4O4S2/c1-25-9-8-22-21(25)31-13-18(26)24-16-6-3-2-5-15(16)20(27)29-12-14-11-28-19(23-14)17-7-4-10-30-17/h2-11H,12-13H2,1H3,(H,24,26). The minimum Gasteiger partial charge on any atom is -0.455 e. The fourth-order valence-corrected chi connectivity index (χ4v) is 4.07. The maximum atomic E-state index is 12.6. The van der Waals surface area contributed by atoms with Gasteiger partial charge in [-0.2, -0.15) is 0 Å². The molecular formula is C21H18N4O4S2. The summed E-state index contributed by atoms with van der Waals surface area (Å²) in [7, 11) is 1.86. The van der Waals surface area contributed by atoms with Gasteiger partial charge in [0.2, 0.25) is 11.8 Å². The monoisotopic (exact) mass is 454 g/mol. The summed E-state index contributed by atoms with van der Waals surface area (Å²) in [6.07, 6.45) is 4.94. The third-order valence-electron chi connectivity index (χ3n) is 4.17. The van der Waals surface area contributed by atoms with E-state index in [1.165, 1.54) is 29.4 Å². The number of esters is 1. The molecule has 0 unspecified atom stereocenters. The lowest BCUT2D eigenvalue weighted by Crippen LogP contribution is -2.17. The Morgan fingerprint density at radius 3 is 2.90 bits per heavy atom. The summed E-state index contributed by atoms with van der Waals surface area (Å²) in [5.74, 6) is -0.156. The Bertz CT molecular complexity index is 1180. The molecule has 1 aromatic carbocycles. The molecule has 0 spiro atoms. The number of aryl methyl sites for hydroxylation is 1. The Kier molecular flexibility index (Phi) is 6.48. The number of thioether (sulfide) groups is 1. The van der Waals surface area contributed by atoms with Crippen LogP contribution in [0.5, 0.6) is 0 Å². The summed E-state index contributed by atoms with van der Waals surface area (Å²) in [6.45, 7) is -0.0367. The largest absolute Gasteiger partial charge is 0.455 e. The van der Waals surface area contributed by atoms with E-state index in [0.29, 0.717) is 17.3 Å². The lowest BCUT2D eigenvalue weighted by Gasteiger charge is -2.10. The van der Waals surface area contributed by atoms with Gasteiger partial charge in [0.15, 0.2) is 5.16 Å². The molecule has 0 aliphatic rings. The number of nitrogens with one attached hydrogen (secondary N) is 1. The number of carbonyl (C=O) groups excluding carboxylic acids is 2. The van der Waals surface area contributed by atoms with E-state index in [0.717, 1.165) is 10.0 Å². The van der Waals surface area contributed by atoms with E-state index in [-0.39, 0.29) is 23.8 Å². The first-order valence-corrected chi connectivity index (χ1v) is 11.1. The van der Waals surface area contributed by atoms with Crippen LogP contribution in [0.3, 0.4) is 0 Å². The van der Waals surface area contributed by atoms with Gasteiger partial charge in [-0.3, -0.25) is 4.79 Å². The number of anilines is 1. The number of thiophene rings is 1. The maximum Gasteiger partial charge on any atom is 0.340 e. The second-order valence-corrected chi connectivity index (χ2v) is 8.29. The maximum absolute atomic E-state index is 12.6.